The second-order valence-electron chi connectivity index (χ2n) is 4.65. The molecule has 6 nitrogen and oxygen atoms in total. The molecule has 0 spiro atoms. The number of hydrogen-bond acceptors (Lipinski definition) is 6. The molecule has 100 valence electrons. The van der Waals surface area contributed by atoms with Crippen LogP contribution in [0.15, 0.2) is 0 Å². The van der Waals surface area contributed by atoms with Gasteiger partial charge in [-0.05, 0) is 38.5 Å². The highest BCUT2D eigenvalue weighted by Gasteiger charge is 2.16. The van der Waals surface area contributed by atoms with Crippen LogP contribution in [0.25, 0.3) is 0 Å². The van der Waals surface area contributed by atoms with E-state index in [0.717, 1.165) is 26.2 Å². The van der Waals surface area contributed by atoms with Gasteiger partial charge < -0.3 is 15.1 Å². The van der Waals surface area contributed by atoms with Crippen LogP contribution in [-0.4, -0.2) is 60.1 Å². The summed E-state index contributed by atoms with van der Waals surface area (Å²) in [5.74, 6) is 1.23. The molecular formula is C11H19ClN6. The van der Waals surface area contributed by atoms with E-state index in [9.17, 15) is 0 Å². The fraction of sp³-hybridized carbons (Fsp3) is 0.727. The van der Waals surface area contributed by atoms with Crippen LogP contribution in [0.5, 0.6) is 0 Å². The first-order chi connectivity index (χ1) is 8.65. The van der Waals surface area contributed by atoms with Crippen molar-refractivity contribution in [2.75, 3.05) is 50.5 Å². The summed E-state index contributed by atoms with van der Waals surface area (Å²) in [6.07, 6.45) is 2.37. The fourth-order valence-corrected chi connectivity index (χ4v) is 2.02. The maximum Gasteiger partial charge on any atom is 0.231 e. The first-order valence-electron chi connectivity index (χ1n) is 6.20. The summed E-state index contributed by atoms with van der Waals surface area (Å²) < 4.78 is 0. The second-order valence-corrected chi connectivity index (χ2v) is 4.99. The topological polar surface area (TPSA) is 57.2 Å². The van der Waals surface area contributed by atoms with E-state index in [1.807, 2.05) is 14.1 Å². The molecule has 0 aliphatic carbocycles. The van der Waals surface area contributed by atoms with Gasteiger partial charge in [0.2, 0.25) is 17.2 Å². The van der Waals surface area contributed by atoms with Gasteiger partial charge >= 0.3 is 0 Å². The van der Waals surface area contributed by atoms with Crippen molar-refractivity contribution in [2.45, 2.75) is 12.8 Å². The lowest BCUT2D eigenvalue weighted by atomic mass is 10.4. The van der Waals surface area contributed by atoms with E-state index in [2.05, 4.69) is 30.1 Å². The molecule has 1 aliphatic rings. The van der Waals surface area contributed by atoms with Gasteiger partial charge in [-0.1, -0.05) is 0 Å². The molecule has 18 heavy (non-hydrogen) atoms. The van der Waals surface area contributed by atoms with Gasteiger partial charge in [0, 0.05) is 26.2 Å². The van der Waals surface area contributed by atoms with Gasteiger partial charge in [-0.3, -0.25) is 0 Å². The third-order valence-electron chi connectivity index (χ3n) is 2.83. The molecule has 1 fully saturated rings. The van der Waals surface area contributed by atoms with E-state index in [4.69, 9.17) is 11.6 Å². The highest BCUT2D eigenvalue weighted by atomic mass is 35.5. The zero-order valence-electron chi connectivity index (χ0n) is 10.9. The third-order valence-corrected chi connectivity index (χ3v) is 3.00. The number of rotatable bonds is 5. The number of aromatic nitrogens is 3. The van der Waals surface area contributed by atoms with Crippen LogP contribution >= 0.6 is 11.6 Å². The van der Waals surface area contributed by atoms with Gasteiger partial charge in [-0.15, -0.1) is 0 Å². The lowest BCUT2D eigenvalue weighted by Gasteiger charge is -2.16. The largest absolute Gasteiger partial charge is 0.353 e. The molecule has 0 bridgehead atoms. The monoisotopic (exact) mass is 270 g/mol. The minimum absolute atomic E-state index is 0.249. The molecule has 1 N–H and O–H groups in total. The molecule has 1 saturated heterocycles. The van der Waals surface area contributed by atoms with Gasteiger partial charge in [-0.2, -0.15) is 15.0 Å². The second kappa shape index (κ2) is 6.15. The van der Waals surface area contributed by atoms with Gasteiger partial charge in [0.1, 0.15) is 0 Å². The molecule has 7 heteroatoms. The van der Waals surface area contributed by atoms with Crippen molar-refractivity contribution >= 4 is 23.5 Å². The predicted octanol–water partition coefficient (Wildman–Crippen LogP) is 1.10. The van der Waals surface area contributed by atoms with Crippen LogP contribution in [0.1, 0.15) is 12.8 Å². The van der Waals surface area contributed by atoms with Gasteiger partial charge in [0.25, 0.3) is 0 Å². The molecule has 0 aromatic carbocycles. The number of likely N-dealkylation sites (N-methyl/N-ethyl adjacent to an activating group) is 1. The van der Waals surface area contributed by atoms with E-state index in [-0.39, 0.29) is 5.28 Å². The number of nitrogens with one attached hydrogen (secondary N) is 1. The van der Waals surface area contributed by atoms with Gasteiger partial charge in [0.15, 0.2) is 0 Å². The van der Waals surface area contributed by atoms with Crippen molar-refractivity contribution in [1.29, 1.82) is 0 Å². The zero-order valence-corrected chi connectivity index (χ0v) is 11.6. The molecule has 1 aromatic rings. The lowest BCUT2D eigenvalue weighted by molar-refractivity contribution is 0.425. The average Bonchev–Trinajstić information content (AvgIpc) is 2.81. The summed E-state index contributed by atoms with van der Waals surface area (Å²) in [5, 5.41) is 3.41. The maximum atomic E-state index is 5.93. The van der Waals surface area contributed by atoms with Crippen LogP contribution in [-0.2, 0) is 0 Å². The quantitative estimate of drug-likeness (QED) is 0.865. The zero-order chi connectivity index (χ0) is 13.0. The van der Waals surface area contributed by atoms with Crippen molar-refractivity contribution in [1.82, 2.24) is 19.9 Å². The van der Waals surface area contributed by atoms with Crippen LogP contribution < -0.4 is 10.2 Å². The SMILES string of the molecule is CN(C)CCNc1nc(Cl)nc(N2CCCC2)n1. The molecule has 0 radical (unpaired) electrons. The Morgan fingerprint density at radius 1 is 1.22 bits per heavy atom. The summed E-state index contributed by atoms with van der Waals surface area (Å²) in [6.45, 7) is 3.70. The van der Waals surface area contributed by atoms with Crippen molar-refractivity contribution in [3.63, 3.8) is 0 Å². The number of anilines is 2. The number of nitrogens with zero attached hydrogens (tertiary/aromatic N) is 5. The highest BCUT2D eigenvalue weighted by Crippen LogP contribution is 2.18. The summed E-state index contributed by atoms with van der Waals surface area (Å²) in [6, 6.07) is 0. The Hall–Kier alpha value is -1.14. The van der Waals surface area contributed by atoms with E-state index < -0.39 is 0 Å². The smallest absolute Gasteiger partial charge is 0.231 e. The standard InChI is InChI=1S/C11H19ClN6/c1-17(2)8-5-13-10-14-9(12)15-11(16-10)18-6-3-4-7-18/h3-8H2,1-2H3,(H,13,14,15,16). The van der Waals surface area contributed by atoms with Crippen LogP contribution in [0, 0.1) is 0 Å². The van der Waals surface area contributed by atoms with E-state index in [1.165, 1.54) is 12.8 Å². The Morgan fingerprint density at radius 3 is 2.61 bits per heavy atom. The summed E-state index contributed by atoms with van der Waals surface area (Å²) in [5.41, 5.74) is 0. The molecule has 0 saturated carbocycles. The minimum atomic E-state index is 0.249. The van der Waals surface area contributed by atoms with E-state index in [0.29, 0.717) is 11.9 Å². The average molecular weight is 271 g/mol. The normalized spacial score (nSPS) is 15.4. The predicted molar refractivity (Wildman–Crippen MR) is 73.3 cm³/mol. The van der Waals surface area contributed by atoms with Gasteiger partial charge in [0.05, 0.1) is 0 Å². The summed E-state index contributed by atoms with van der Waals surface area (Å²) in [4.78, 5) is 16.9. The summed E-state index contributed by atoms with van der Waals surface area (Å²) >= 11 is 5.93. The summed E-state index contributed by atoms with van der Waals surface area (Å²) in [7, 11) is 4.05. The lowest BCUT2D eigenvalue weighted by Crippen LogP contribution is -2.24. The Kier molecular flexibility index (Phi) is 4.54. The van der Waals surface area contributed by atoms with Crippen molar-refractivity contribution < 1.29 is 0 Å². The molecule has 0 unspecified atom stereocenters. The van der Waals surface area contributed by atoms with Crippen molar-refractivity contribution in [3.8, 4) is 0 Å². The molecule has 0 atom stereocenters. The fourth-order valence-electron chi connectivity index (χ4n) is 1.87. The van der Waals surface area contributed by atoms with Gasteiger partial charge in [-0.25, -0.2) is 0 Å². The molecule has 0 amide bonds. The van der Waals surface area contributed by atoms with Crippen LogP contribution in [0.3, 0.4) is 0 Å². The third kappa shape index (κ3) is 3.68. The Morgan fingerprint density at radius 2 is 1.94 bits per heavy atom. The Balaban J connectivity index is 2.01. The van der Waals surface area contributed by atoms with Crippen LogP contribution in [0.2, 0.25) is 5.28 Å². The highest BCUT2D eigenvalue weighted by molar-refractivity contribution is 6.28. The van der Waals surface area contributed by atoms with E-state index in [1.54, 1.807) is 0 Å². The first-order valence-corrected chi connectivity index (χ1v) is 6.58. The number of halogens is 1. The maximum absolute atomic E-state index is 5.93. The van der Waals surface area contributed by atoms with Crippen molar-refractivity contribution in [2.24, 2.45) is 0 Å². The molecule has 1 aromatic heterocycles. The first kappa shape index (κ1) is 13.3. The van der Waals surface area contributed by atoms with Crippen molar-refractivity contribution in [3.05, 3.63) is 5.28 Å². The molecule has 2 rings (SSSR count). The Bertz CT molecular complexity index is 391. The Labute approximate surface area is 112 Å². The van der Waals surface area contributed by atoms with E-state index >= 15 is 0 Å². The van der Waals surface area contributed by atoms with Crippen LogP contribution in [0.4, 0.5) is 11.9 Å². The molecular weight excluding hydrogens is 252 g/mol. The molecule has 2 heterocycles. The minimum Gasteiger partial charge on any atom is -0.353 e. The number of hydrogen-bond donors (Lipinski definition) is 1. The molecule has 1 aliphatic heterocycles.